The minimum atomic E-state index is -0.168. The first-order valence-electron chi connectivity index (χ1n) is 7.27. The predicted octanol–water partition coefficient (Wildman–Crippen LogP) is 3.38. The van der Waals surface area contributed by atoms with Gasteiger partial charge < -0.3 is 4.57 Å². The Bertz CT molecular complexity index is 561. The molecular formula is C16H20FN3. The van der Waals surface area contributed by atoms with Crippen molar-refractivity contribution in [2.24, 2.45) is 0 Å². The van der Waals surface area contributed by atoms with Gasteiger partial charge in [-0.3, -0.25) is 4.90 Å². The lowest BCUT2D eigenvalue weighted by molar-refractivity contribution is 0.0773. The van der Waals surface area contributed by atoms with Crippen LogP contribution in [0.3, 0.4) is 0 Å². The van der Waals surface area contributed by atoms with E-state index in [1.807, 2.05) is 24.5 Å². The third kappa shape index (κ3) is 2.61. The van der Waals surface area contributed by atoms with Gasteiger partial charge in [0.1, 0.15) is 11.6 Å². The topological polar surface area (TPSA) is 21.1 Å². The van der Waals surface area contributed by atoms with E-state index in [-0.39, 0.29) is 5.82 Å². The molecule has 2 aromatic rings. The third-order valence-electron chi connectivity index (χ3n) is 4.00. The molecule has 0 amide bonds. The minimum Gasteiger partial charge on any atom is -0.334 e. The predicted molar refractivity (Wildman–Crippen MR) is 76.7 cm³/mol. The molecule has 0 bridgehead atoms. The minimum absolute atomic E-state index is 0.168. The Hall–Kier alpha value is -1.68. The van der Waals surface area contributed by atoms with Gasteiger partial charge in [-0.25, -0.2) is 9.37 Å². The molecule has 0 radical (unpaired) electrons. The summed E-state index contributed by atoms with van der Waals surface area (Å²) in [4.78, 5) is 6.86. The number of nitrogens with zero attached hydrogens (tertiary/aromatic N) is 3. The summed E-state index contributed by atoms with van der Waals surface area (Å²) in [6.07, 6.45) is 6.17. The number of hydrogen-bond acceptors (Lipinski definition) is 2. The van der Waals surface area contributed by atoms with Gasteiger partial charge in [0.05, 0.1) is 6.54 Å². The van der Waals surface area contributed by atoms with Crippen molar-refractivity contribution in [2.45, 2.75) is 38.9 Å². The molecule has 1 aromatic carbocycles. The second kappa shape index (κ2) is 5.75. The van der Waals surface area contributed by atoms with Crippen LogP contribution in [0.15, 0.2) is 36.7 Å². The van der Waals surface area contributed by atoms with Crippen molar-refractivity contribution < 1.29 is 4.39 Å². The van der Waals surface area contributed by atoms with Gasteiger partial charge in [-0.1, -0.05) is 19.1 Å². The molecule has 3 rings (SSSR count). The first-order chi connectivity index (χ1) is 9.78. The van der Waals surface area contributed by atoms with Gasteiger partial charge in [0.25, 0.3) is 0 Å². The largest absolute Gasteiger partial charge is 0.334 e. The normalized spacial score (nSPS) is 19.0. The second-order valence-electron chi connectivity index (χ2n) is 5.36. The molecule has 3 nitrogen and oxygen atoms in total. The molecule has 0 N–H and O–H groups in total. The molecule has 1 aromatic heterocycles. The zero-order chi connectivity index (χ0) is 13.9. The van der Waals surface area contributed by atoms with E-state index in [1.54, 1.807) is 12.1 Å². The van der Waals surface area contributed by atoms with Gasteiger partial charge in [-0.2, -0.15) is 0 Å². The highest BCUT2D eigenvalue weighted by atomic mass is 19.1. The van der Waals surface area contributed by atoms with Crippen LogP contribution in [0.2, 0.25) is 0 Å². The van der Waals surface area contributed by atoms with Crippen molar-refractivity contribution in [1.82, 2.24) is 14.5 Å². The molecule has 106 valence electrons. The number of aryl methyl sites for hydroxylation is 1. The van der Waals surface area contributed by atoms with Crippen LogP contribution in [-0.2, 0) is 13.1 Å². The molecule has 1 atom stereocenters. The number of rotatable bonds is 5. The summed E-state index contributed by atoms with van der Waals surface area (Å²) in [6, 6.07) is 7.28. The summed E-state index contributed by atoms with van der Waals surface area (Å²) in [5.74, 6) is 0.955. The lowest BCUT2D eigenvalue weighted by Crippen LogP contribution is -2.40. The molecule has 0 unspecified atom stereocenters. The fraction of sp³-hybridized carbons (Fsp3) is 0.438. The number of imidazole rings is 1. The number of likely N-dealkylation sites (tertiary alicyclic amines) is 1. The van der Waals surface area contributed by atoms with Crippen molar-refractivity contribution in [2.75, 3.05) is 6.54 Å². The Labute approximate surface area is 119 Å². The van der Waals surface area contributed by atoms with Gasteiger partial charge in [0.2, 0.25) is 0 Å². The van der Waals surface area contributed by atoms with Crippen LogP contribution in [0.1, 0.15) is 37.2 Å². The van der Waals surface area contributed by atoms with E-state index in [2.05, 4.69) is 21.4 Å². The van der Waals surface area contributed by atoms with E-state index in [0.29, 0.717) is 6.04 Å². The van der Waals surface area contributed by atoms with Gasteiger partial charge in [-0.15, -0.1) is 0 Å². The van der Waals surface area contributed by atoms with Crippen LogP contribution < -0.4 is 0 Å². The van der Waals surface area contributed by atoms with E-state index in [4.69, 9.17) is 0 Å². The van der Waals surface area contributed by atoms with E-state index in [1.165, 1.54) is 5.56 Å². The number of halogens is 1. The summed E-state index contributed by atoms with van der Waals surface area (Å²) in [6.45, 7) is 5.15. The van der Waals surface area contributed by atoms with Crippen molar-refractivity contribution in [3.05, 3.63) is 53.9 Å². The van der Waals surface area contributed by atoms with Gasteiger partial charge >= 0.3 is 0 Å². The summed E-state index contributed by atoms with van der Waals surface area (Å²) in [5, 5.41) is 0. The van der Waals surface area contributed by atoms with Crippen LogP contribution in [0, 0.1) is 5.82 Å². The number of benzene rings is 1. The molecule has 4 heteroatoms. The van der Waals surface area contributed by atoms with Crippen LogP contribution >= 0.6 is 0 Å². The lowest BCUT2D eigenvalue weighted by atomic mass is 9.95. The highest BCUT2D eigenvalue weighted by molar-refractivity contribution is 5.22. The maximum absolute atomic E-state index is 13.0. The van der Waals surface area contributed by atoms with E-state index >= 15 is 0 Å². The SMILES string of the molecule is CCCn1ccnc1CN1CC[C@H]1c1ccc(F)cc1. The molecule has 20 heavy (non-hydrogen) atoms. The Morgan fingerprint density at radius 3 is 2.75 bits per heavy atom. The Balaban J connectivity index is 1.69. The van der Waals surface area contributed by atoms with Gasteiger partial charge in [0.15, 0.2) is 0 Å². The monoisotopic (exact) mass is 273 g/mol. The molecule has 1 saturated heterocycles. The Morgan fingerprint density at radius 2 is 2.10 bits per heavy atom. The van der Waals surface area contributed by atoms with Crippen LogP contribution in [0.25, 0.3) is 0 Å². The molecule has 2 heterocycles. The zero-order valence-electron chi connectivity index (χ0n) is 11.8. The Morgan fingerprint density at radius 1 is 1.30 bits per heavy atom. The maximum atomic E-state index is 13.0. The van der Waals surface area contributed by atoms with Crippen molar-refractivity contribution in [1.29, 1.82) is 0 Å². The summed E-state index contributed by atoms with van der Waals surface area (Å²) >= 11 is 0. The van der Waals surface area contributed by atoms with Crippen molar-refractivity contribution >= 4 is 0 Å². The molecule has 1 aliphatic heterocycles. The molecule has 1 aliphatic rings. The van der Waals surface area contributed by atoms with E-state index < -0.39 is 0 Å². The van der Waals surface area contributed by atoms with E-state index in [9.17, 15) is 4.39 Å². The fourth-order valence-corrected chi connectivity index (χ4v) is 2.81. The van der Waals surface area contributed by atoms with Crippen molar-refractivity contribution in [3.63, 3.8) is 0 Å². The first-order valence-corrected chi connectivity index (χ1v) is 7.27. The first kappa shape index (κ1) is 13.3. The molecule has 0 saturated carbocycles. The summed E-state index contributed by atoms with van der Waals surface area (Å²) < 4.78 is 15.2. The average Bonchev–Trinajstić information content (AvgIpc) is 2.85. The smallest absolute Gasteiger partial charge is 0.123 e. The highest BCUT2D eigenvalue weighted by Gasteiger charge is 2.30. The quantitative estimate of drug-likeness (QED) is 0.832. The Kier molecular flexibility index (Phi) is 3.83. The lowest BCUT2D eigenvalue weighted by Gasteiger charge is -2.41. The third-order valence-corrected chi connectivity index (χ3v) is 4.00. The molecule has 0 spiro atoms. The standard InChI is InChI=1S/C16H20FN3/c1-2-9-19-11-8-18-16(19)12-20-10-7-15(20)13-3-5-14(17)6-4-13/h3-6,8,11,15H,2,7,9-10,12H2,1H3/t15-/m0/s1. The molecular weight excluding hydrogens is 253 g/mol. The number of aromatic nitrogens is 2. The van der Waals surface area contributed by atoms with Crippen LogP contribution in [0.5, 0.6) is 0 Å². The summed E-state index contributed by atoms with van der Waals surface area (Å²) in [5.41, 5.74) is 1.20. The van der Waals surface area contributed by atoms with E-state index in [0.717, 1.165) is 38.3 Å². The van der Waals surface area contributed by atoms with Crippen molar-refractivity contribution in [3.8, 4) is 0 Å². The summed E-state index contributed by atoms with van der Waals surface area (Å²) in [7, 11) is 0. The maximum Gasteiger partial charge on any atom is 0.123 e. The number of hydrogen-bond donors (Lipinski definition) is 0. The fourth-order valence-electron chi connectivity index (χ4n) is 2.81. The van der Waals surface area contributed by atoms with Gasteiger partial charge in [-0.05, 0) is 30.5 Å². The highest BCUT2D eigenvalue weighted by Crippen LogP contribution is 2.34. The second-order valence-corrected chi connectivity index (χ2v) is 5.36. The zero-order valence-corrected chi connectivity index (χ0v) is 11.8. The average molecular weight is 273 g/mol. The van der Waals surface area contributed by atoms with Crippen LogP contribution in [0.4, 0.5) is 4.39 Å². The van der Waals surface area contributed by atoms with Gasteiger partial charge in [0, 0.05) is 31.5 Å². The molecule has 1 fully saturated rings. The molecule has 0 aliphatic carbocycles. The van der Waals surface area contributed by atoms with Crippen LogP contribution in [-0.4, -0.2) is 21.0 Å².